The summed E-state index contributed by atoms with van der Waals surface area (Å²) in [6.45, 7) is 1.90. The Hall–Kier alpha value is -1.49. The molecule has 1 N–H and O–H groups in total. The van der Waals surface area contributed by atoms with Crippen molar-refractivity contribution in [2.75, 3.05) is 12.9 Å². The molecule has 0 fully saturated rings. The maximum absolute atomic E-state index is 11.0. The number of thioether (sulfide) groups is 1. The third kappa shape index (κ3) is 4.11. The fourth-order valence-electron chi connectivity index (χ4n) is 1.27. The Kier molecular flexibility index (Phi) is 5.03. The van der Waals surface area contributed by atoms with Crippen molar-refractivity contribution in [2.24, 2.45) is 0 Å². The van der Waals surface area contributed by atoms with E-state index in [0.29, 0.717) is 10.6 Å². The minimum Gasteiger partial charge on any atom is -0.478 e. The summed E-state index contributed by atoms with van der Waals surface area (Å²) >= 11 is 1.35. The molecule has 0 spiro atoms. The Morgan fingerprint density at radius 1 is 1.41 bits per heavy atom. The lowest BCUT2D eigenvalue weighted by Crippen LogP contribution is -2.03. The molecular weight excluding hydrogens is 240 g/mol. The summed E-state index contributed by atoms with van der Waals surface area (Å²) < 4.78 is 4.52. The zero-order chi connectivity index (χ0) is 12.8. The number of aromatic carboxylic acids is 1. The molecule has 0 aromatic heterocycles. The summed E-state index contributed by atoms with van der Waals surface area (Å²) in [6, 6.07) is 5.15. The number of aryl methyl sites for hydroxylation is 1. The molecule has 0 heterocycles. The van der Waals surface area contributed by atoms with E-state index in [0.717, 1.165) is 5.56 Å². The van der Waals surface area contributed by atoms with Crippen LogP contribution in [0.1, 0.15) is 22.3 Å². The predicted octanol–water partition coefficient (Wildman–Crippen LogP) is 2.35. The van der Waals surface area contributed by atoms with Gasteiger partial charge in [-0.25, -0.2) is 4.79 Å². The van der Waals surface area contributed by atoms with Gasteiger partial charge in [-0.2, -0.15) is 0 Å². The molecule has 0 saturated carbocycles. The van der Waals surface area contributed by atoms with Crippen LogP contribution in [-0.4, -0.2) is 29.9 Å². The van der Waals surface area contributed by atoms with E-state index in [2.05, 4.69) is 4.74 Å². The summed E-state index contributed by atoms with van der Waals surface area (Å²) in [7, 11) is 1.34. The standard InChI is InChI=1S/C12H14O4S/c1-8-3-4-9(12(14)15)10(7-8)17-6-5-11(13)16-2/h3-4,7H,5-6H2,1-2H3,(H,14,15). The Morgan fingerprint density at radius 3 is 2.71 bits per heavy atom. The highest BCUT2D eigenvalue weighted by atomic mass is 32.2. The van der Waals surface area contributed by atoms with Gasteiger partial charge in [-0.15, -0.1) is 11.8 Å². The zero-order valence-electron chi connectivity index (χ0n) is 9.73. The third-order valence-electron chi connectivity index (χ3n) is 2.16. The van der Waals surface area contributed by atoms with Crippen LogP contribution in [0.3, 0.4) is 0 Å². The average molecular weight is 254 g/mol. The number of rotatable bonds is 5. The van der Waals surface area contributed by atoms with Gasteiger partial charge in [-0.3, -0.25) is 4.79 Å². The first-order valence-corrected chi connectivity index (χ1v) is 6.06. The summed E-state index contributed by atoms with van der Waals surface area (Å²) in [5.41, 5.74) is 1.26. The van der Waals surface area contributed by atoms with Gasteiger partial charge in [0, 0.05) is 10.6 Å². The normalized spacial score (nSPS) is 10.0. The largest absolute Gasteiger partial charge is 0.478 e. The van der Waals surface area contributed by atoms with Crippen molar-refractivity contribution < 1.29 is 19.4 Å². The van der Waals surface area contributed by atoms with Crippen LogP contribution in [0.5, 0.6) is 0 Å². The van der Waals surface area contributed by atoms with Crippen molar-refractivity contribution in [3.8, 4) is 0 Å². The molecule has 5 heteroatoms. The highest BCUT2D eigenvalue weighted by Crippen LogP contribution is 2.24. The Labute approximate surface area is 104 Å². The number of methoxy groups -OCH3 is 1. The number of hydrogen-bond donors (Lipinski definition) is 1. The van der Waals surface area contributed by atoms with Crippen molar-refractivity contribution in [3.05, 3.63) is 29.3 Å². The van der Waals surface area contributed by atoms with Gasteiger partial charge in [0.2, 0.25) is 0 Å². The van der Waals surface area contributed by atoms with Gasteiger partial charge in [0.15, 0.2) is 0 Å². The first kappa shape index (κ1) is 13.6. The Bertz CT molecular complexity index is 429. The molecule has 0 radical (unpaired) electrons. The number of benzene rings is 1. The highest BCUT2D eigenvalue weighted by Gasteiger charge is 2.11. The SMILES string of the molecule is COC(=O)CCSc1cc(C)ccc1C(=O)O. The van der Waals surface area contributed by atoms with Crippen LogP contribution in [0.25, 0.3) is 0 Å². The van der Waals surface area contributed by atoms with Crippen molar-refractivity contribution in [1.82, 2.24) is 0 Å². The minimum absolute atomic E-state index is 0.269. The summed E-state index contributed by atoms with van der Waals surface area (Å²) in [6.07, 6.45) is 0.272. The number of carboxylic acid groups (broad SMARTS) is 1. The van der Waals surface area contributed by atoms with Crippen LogP contribution in [-0.2, 0) is 9.53 Å². The number of carbonyl (C=O) groups is 2. The number of carboxylic acids is 1. The smallest absolute Gasteiger partial charge is 0.336 e. The van der Waals surface area contributed by atoms with Gasteiger partial charge in [0.05, 0.1) is 19.1 Å². The second-order valence-corrected chi connectivity index (χ2v) is 4.62. The lowest BCUT2D eigenvalue weighted by Gasteiger charge is -2.06. The molecule has 0 aliphatic carbocycles. The lowest BCUT2D eigenvalue weighted by molar-refractivity contribution is -0.140. The first-order valence-electron chi connectivity index (χ1n) is 5.08. The first-order chi connectivity index (χ1) is 8.04. The molecule has 0 amide bonds. The molecule has 4 nitrogen and oxygen atoms in total. The highest BCUT2D eigenvalue weighted by molar-refractivity contribution is 7.99. The molecule has 1 aromatic rings. The number of esters is 1. The summed E-state index contributed by atoms with van der Waals surface area (Å²) in [5.74, 6) is -0.733. The van der Waals surface area contributed by atoms with Crippen LogP contribution in [0.4, 0.5) is 0 Å². The molecule has 0 bridgehead atoms. The van der Waals surface area contributed by atoms with E-state index < -0.39 is 5.97 Å². The van der Waals surface area contributed by atoms with Gasteiger partial charge in [0.1, 0.15) is 0 Å². The number of carbonyl (C=O) groups excluding carboxylic acids is 1. The van der Waals surface area contributed by atoms with Gasteiger partial charge in [-0.05, 0) is 24.6 Å². The fourth-order valence-corrected chi connectivity index (χ4v) is 2.34. The molecule has 0 unspecified atom stereocenters. The van der Waals surface area contributed by atoms with Gasteiger partial charge in [0.25, 0.3) is 0 Å². The van der Waals surface area contributed by atoms with Crippen molar-refractivity contribution >= 4 is 23.7 Å². The van der Waals surface area contributed by atoms with Crippen LogP contribution < -0.4 is 0 Å². The Balaban J connectivity index is 2.72. The van der Waals surface area contributed by atoms with Crippen LogP contribution in [0.2, 0.25) is 0 Å². The zero-order valence-corrected chi connectivity index (χ0v) is 10.5. The summed E-state index contributed by atoms with van der Waals surface area (Å²) in [5, 5.41) is 9.01. The second-order valence-electron chi connectivity index (χ2n) is 3.48. The van der Waals surface area contributed by atoms with E-state index in [9.17, 15) is 9.59 Å². The van der Waals surface area contributed by atoms with E-state index in [1.54, 1.807) is 12.1 Å². The predicted molar refractivity (Wildman–Crippen MR) is 65.5 cm³/mol. The molecule has 0 aliphatic heterocycles. The second kappa shape index (κ2) is 6.30. The molecular formula is C12H14O4S. The Morgan fingerprint density at radius 2 is 2.12 bits per heavy atom. The van der Waals surface area contributed by atoms with Crippen molar-refractivity contribution in [1.29, 1.82) is 0 Å². The lowest BCUT2D eigenvalue weighted by atomic mass is 10.1. The molecule has 1 rings (SSSR count). The van der Waals surface area contributed by atoms with Gasteiger partial charge in [-0.1, -0.05) is 6.07 Å². The van der Waals surface area contributed by atoms with Gasteiger partial charge >= 0.3 is 11.9 Å². The van der Waals surface area contributed by atoms with Crippen molar-refractivity contribution in [2.45, 2.75) is 18.2 Å². The average Bonchev–Trinajstić information content (AvgIpc) is 2.28. The maximum Gasteiger partial charge on any atom is 0.336 e. The van der Waals surface area contributed by atoms with Crippen LogP contribution >= 0.6 is 11.8 Å². The summed E-state index contributed by atoms with van der Waals surface area (Å²) in [4.78, 5) is 22.6. The third-order valence-corrected chi connectivity index (χ3v) is 3.22. The topological polar surface area (TPSA) is 63.6 Å². The quantitative estimate of drug-likeness (QED) is 0.645. The van der Waals surface area contributed by atoms with Gasteiger partial charge < -0.3 is 9.84 Å². The minimum atomic E-state index is -0.953. The molecule has 92 valence electrons. The number of ether oxygens (including phenoxy) is 1. The fraction of sp³-hybridized carbons (Fsp3) is 0.333. The monoisotopic (exact) mass is 254 g/mol. The van der Waals surface area contributed by atoms with Crippen molar-refractivity contribution in [3.63, 3.8) is 0 Å². The molecule has 1 aromatic carbocycles. The van der Waals surface area contributed by atoms with Crippen LogP contribution in [0.15, 0.2) is 23.1 Å². The van der Waals surface area contributed by atoms with E-state index in [1.165, 1.54) is 18.9 Å². The molecule has 0 saturated heterocycles. The maximum atomic E-state index is 11.0. The molecule has 0 atom stereocenters. The van der Waals surface area contributed by atoms with E-state index in [-0.39, 0.29) is 18.0 Å². The molecule has 0 aliphatic rings. The van der Waals surface area contributed by atoms with Crippen LogP contribution in [0, 0.1) is 6.92 Å². The molecule has 17 heavy (non-hydrogen) atoms. The van der Waals surface area contributed by atoms with E-state index in [1.807, 2.05) is 13.0 Å². The van der Waals surface area contributed by atoms with E-state index >= 15 is 0 Å². The number of hydrogen-bond acceptors (Lipinski definition) is 4. The van der Waals surface area contributed by atoms with E-state index in [4.69, 9.17) is 5.11 Å².